The topological polar surface area (TPSA) is 0 Å². The fraction of sp³-hybridized carbons (Fsp3) is 1.00. The predicted octanol–water partition coefficient (Wildman–Crippen LogP) is 2.87. The average molecular weight is 228 g/mol. The molecule has 0 unspecified atom stereocenters. The van der Waals surface area contributed by atoms with Crippen LogP contribution in [0.15, 0.2) is 0 Å². The maximum atomic E-state index is 2.37. The zero-order valence-electron chi connectivity index (χ0n) is 4.19. The van der Waals surface area contributed by atoms with Gasteiger partial charge in [-0.1, -0.05) is 21.8 Å². The second-order valence-corrected chi connectivity index (χ2v) is 4.54. The molecule has 1 fully saturated rings. The van der Waals surface area contributed by atoms with Crippen molar-refractivity contribution in [3.05, 3.63) is 0 Å². The average Bonchev–Trinajstić information content (AvgIpc) is 2.42. The van der Waals surface area contributed by atoms with Crippen molar-refractivity contribution in [1.29, 1.82) is 0 Å². The normalized spacial score (nSPS) is 20.1. The standard InChI is InChI=1S/C5H9IS/c6-7-4-3-5-1-2-5/h5H,1-4H2. The second-order valence-electron chi connectivity index (χ2n) is 2.05. The van der Waals surface area contributed by atoms with Crippen molar-refractivity contribution in [2.24, 2.45) is 5.92 Å². The molecule has 42 valence electrons. The largest absolute Gasteiger partial charge is 0.0894 e. The summed E-state index contributed by atoms with van der Waals surface area (Å²) in [5, 5.41) is 0. The molecule has 7 heavy (non-hydrogen) atoms. The van der Waals surface area contributed by atoms with Crippen LogP contribution in [0.25, 0.3) is 0 Å². The van der Waals surface area contributed by atoms with Crippen molar-refractivity contribution >= 4 is 30.1 Å². The maximum absolute atomic E-state index is 2.37. The lowest BCUT2D eigenvalue weighted by Gasteiger charge is -1.87. The highest BCUT2D eigenvalue weighted by Crippen LogP contribution is 2.34. The third kappa shape index (κ3) is 2.80. The Hall–Kier alpha value is 1.08. The van der Waals surface area contributed by atoms with E-state index in [-0.39, 0.29) is 0 Å². The molecular weight excluding hydrogens is 219 g/mol. The van der Waals surface area contributed by atoms with Gasteiger partial charge in [-0.25, -0.2) is 0 Å². The Bertz CT molecular complexity index is 52.0. The molecule has 0 bridgehead atoms. The zero-order chi connectivity index (χ0) is 5.11. The fourth-order valence-electron chi connectivity index (χ4n) is 0.618. The van der Waals surface area contributed by atoms with Crippen molar-refractivity contribution in [2.75, 3.05) is 5.75 Å². The fourth-order valence-corrected chi connectivity index (χ4v) is 1.80. The van der Waals surface area contributed by atoms with Crippen LogP contribution in [0.5, 0.6) is 0 Å². The second kappa shape index (κ2) is 3.17. The monoisotopic (exact) mass is 228 g/mol. The first-order chi connectivity index (χ1) is 3.43. The van der Waals surface area contributed by atoms with Gasteiger partial charge in [0, 0.05) is 5.75 Å². The maximum Gasteiger partial charge on any atom is 0.00361 e. The lowest BCUT2D eigenvalue weighted by Crippen LogP contribution is -1.75. The van der Waals surface area contributed by atoms with Gasteiger partial charge in [-0.05, 0) is 33.5 Å². The molecule has 0 nitrogen and oxygen atoms in total. The Morgan fingerprint density at radius 3 is 2.71 bits per heavy atom. The molecule has 2 heteroatoms. The third-order valence-corrected chi connectivity index (χ3v) is 3.01. The van der Waals surface area contributed by atoms with Crippen molar-refractivity contribution in [2.45, 2.75) is 19.3 Å². The Labute approximate surface area is 61.0 Å². The van der Waals surface area contributed by atoms with Gasteiger partial charge >= 0.3 is 0 Å². The Morgan fingerprint density at radius 2 is 2.29 bits per heavy atom. The first-order valence-corrected chi connectivity index (χ1v) is 6.20. The first-order valence-electron chi connectivity index (χ1n) is 2.67. The summed E-state index contributed by atoms with van der Waals surface area (Å²) in [5.74, 6) is 2.49. The Balaban J connectivity index is 1.80. The number of hydrogen-bond donors (Lipinski definition) is 0. The van der Waals surface area contributed by atoms with Gasteiger partial charge in [0.25, 0.3) is 0 Å². The first kappa shape index (κ1) is 6.20. The highest BCUT2D eigenvalue weighted by molar-refractivity contribution is 14.2. The molecule has 0 N–H and O–H groups in total. The molecule has 1 saturated carbocycles. The van der Waals surface area contributed by atoms with Gasteiger partial charge in [-0.3, -0.25) is 0 Å². The minimum Gasteiger partial charge on any atom is -0.0894 e. The van der Waals surface area contributed by atoms with Crippen molar-refractivity contribution < 1.29 is 0 Å². The molecule has 0 heterocycles. The van der Waals surface area contributed by atoms with E-state index in [2.05, 4.69) is 21.2 Å². The van der Waals surface area contributed by atoms with Crippen LogP contribution >= 0.6 is 30.1 Å². The number of rotatable bonds is 3. The SMILES string of the molecule is ISCCC1CC1. The van der Waals surface area contributed by atoms with Gasteiger partial charge in [0.1, 0.15) is 0 Å². The molecule has 1 aliphatic carbocycles. The predicted molar refractivity (Wildman–Crippen MR) is 43.8 cm³/mol. The zero-order valence-corrected chi connectivity index (χ0v) is 7.17. The van der Waals surface area contributed by atoms with E-state index in [4.69, 9.17) is 0 Å². The summed E-state index contributed by atoms with van der Waals surface area (Å²) < 4.78 is 0. The minimum atomic E-state index is 1.13. The number of hydrogen-bond acceptors (Lipinski definition) is 1. The number of halogens is 1. The van der Waals surface area contributed by atoms with Crippen LogP contribution < -0.4 is 0 Å². The van der Waals surface area contributed by atoms with Gasteiger partial charge < -0.3 is 0 Å². The molecule has 1 rings (SSSR count). The Morgan fingerprint density at radius 1 is 1.57 bits per heavy atom. The van der Waals surface area contributed by atoms with Crippen molar-refractivity contribution in [1.82, 2.24) is 0 Å². The van der Waals surface area contributed by atoms with Gasteiger partial charge in [0.2, 0.25) is 0 Å². The summed E-state index contributed by atoms with van der Waals surface area (Å²) >= 11 is 2.37. The smallest absolute Gasteiger partial charge is 0.00361 e. The van der Waals surface area contributed by atoms with E-state index in [9.17, 15) is 0 Å². The van der Waals surface area contributed by atoms with E-state index in [1.807, 2.05) is 8.93 Å². The molecule has 0 amide bonds. The quantitative estimate of drug-likeness (QED) is 0.669. The van der Waals surface area contributed by atoms with E-state index in [0.717, 1.165) is 5.92 Å². The van der Waals surface area contributed by atoms with Crippen LogP contribution in [-0.4, -0.2) is 5.75 Å². The van der Waals surface area contributed by atoms with Crippen LogP contribution in [-0.2, 0) is 0 Å². The third-order valence-electron chi connectivity index (χ3n) is 1.30. The lowest BCUT2D eigenvalue weighted by atomic mass is 10.3. The van der Waals surface area contributed by atoms with E-state index in [0.29, 0.717) is 0 Å². The molecule has 1 aliphatic rings. The van der Waals surface area contributed by atoms with Gasteiger partial charge in [0.05, 0.1) is 0 Å². The molecular formula is C5H9IS. The van der Waals surface area contributed by atoms with Crippen LogP contribution in [0.1, 0.15) is 19.3 Å². The van der Waals surface area contributed by atoms with Crippen molar-refractivity contribution in [3.8, 4) is 0 Å². The molecule has 0 aromatic rings. The summed E-state index contributed by atoms with van der Waals surface area (Å²) in [7, 11) is 1.94. The Kier molecular flexibility index (Phi) is 2.81. The van der Waals surface area contributed by atoms with Gasteiger partial charge in [-0.2, -0.15) is 0 Å². The molecule has 0 saturated heterocycles. The summed E-state index contributed by atoms with van der Waals surface area (Å²) in [4.78, 5) is 0. The highest BCUT2D eigenvalue weighted by atomic mass is 127. The van der Waals surface area contributed by atoms with Crippen LogP contribution in [0.2, 0.25) is 0 Å². The van der Waals surface area contributed by atoms with Gasteiger partial charge in [-0.15, -0.1) is 0 Å². The minimum absolute atomic E-state index is 1.13. The molecule has 0 spiro atoms. The summed E-state index contributed by atoms with van der Waals surface area (Å²) in [6, 6.07) is 0. The molecule has 0 atom stereocenters. The van der Waals surface area contributed by atoms with E-state index >= 15 is 0 Å². The highest BCUT2D eigenvalue weighted by Gasteiger charge is 2.19. The molecule has 0 radical (unpaired) electrons. The summed E-state index contributed by atoms with van der Waals surface area (Å²) in [6.45, 7) is 0. The van der Waals surface area contributed by atoms with Gasteiger partial charge in [0.15, 0.2) is 0 Å². The summed E-state index contributed by atoms with van der Waals surface area (Å²) in [6.07, 6.45) is 4.49. The van der Waals surface area contributed by atoms with Crippen LogP contribution in [0, 0.1) is 5.92 Å². The van der Waals surface area contributed by atoms with Crippen LogP contribution in [0.4, 0.5) is 0 Å². The molecule has 0 aliphatic heterocycles. The van der Waals surface area contributed by atoms with E-state index in [1.54, 1.807) is 0 Å². The van der Waals surface area contributed by atoms with Crippen molar-refractivity contribution in [3.63, 3.8) is 0 Å². The van der Waals surface area contributed by atoms with Crippen LogP contribution in [0.3, 0.4) is 0 Å². The van der Waals surface area contributed by atoms with E-state index in [1.165, 1.54) is 25.0 Å². The van der Waals surface area contributed by atoms with E-state index < -0.39 is 0 Å². The molecule has 0 aromatic carbocycles. The lowest BCUT2D eigenvalue weighted by molar-refractivity contribution is 0.811. The molecule has 0 aromatic heterocycles. The summed E-state index contributed by atoms with van der Waals surface area (Å²) in [5.41, 5.74) is 0.